The van der Waals surface area contributed by atoms with Crippen molar-refractivity contribution in [1.29, 1.82) is 0 Å². The number of carbonyl (C=O) groups is 3. The number of nitrogens with zero attached hydrogens (tertiary/aromatic N) is 3. The average Bonchev–Trinajstić information content (AvgIpc) is 3.00. The SMILES string of the molecule is Cc1cc(NC(=O)CN2C(=O)NC(C)(c3ccc4c(c3)OCCCO4)C2=O)n(C)n1. The molecule has 0 radical (unpaired) electrons. The molecule has 10 heteroatoms. The smallest absolute Gasteiger partial charge is 0.325 e. The zero-order valence-electron chi connectivity index (χ0n) is 17.0. The van der Waals surface area contributed by atoms with Crippen molar-refractivity contribution in [3.63, 3.8) is 0 Å². The number of anilines is 1. The number of hydrogen-bond acceptors (Lipinski definition) is 6. The van der Waals surface area contributed by atoms with Crippen LogP contribution in [-0.2, 0) is 22.2 Å². The molecule has 1 aromatic carbocycles. The van der Waals surface area contributed by atoms with Crippen molar-refractivity contribution < 1.29 is 23.9 Å². The molecule has 4 rings (SSSR count). The summed E-state index contributed by atoms with van der Waals surface area (Å²) in [7, 11) is 1.69. The van der Waals surface area contributed by atoms with Gasteiger partial charge in [-0.3, -0.25) is 19.2 Å². The van der Waals surface area contributed by atoms with E-state index in [1.54, 1.807) is 45.2 Å². The highest BCUT2D eigenvalue weighted by Crippen LogP contribution is 2.36. The fourth-order valence-electron chi connectivity index (χ4n) is 3.56. The van der Waals surface area contributed by atoms with Gasteiger partial charge in [0.1, 0.15) is 17.9 Å². The van der Waals surface area contributed by atoms with Crippen molar-refractivity contribution in [1.82, 2.24) is 20.0 Å². The third-order valence-corrected chi connectivity index (χ3v) is 5.17. The molecule has 0 spiro atoms. The van der Waals surface area contributed by atoms with E-state index in [0.29, 0.717) is 36.1 Å². The Kier molecular flexibility index (Phi) is 4.84. The van der Waals surface area contributed by atoms with Gasteiger partial charge in [0.15, 0.2) is 11.5 Å². The summed E-state index contributed by atoms with van der Waals surface area (Å²) in [5.74, 6) is 0.591. The predicted molar refractivity (Wildman–Crippen MR) is 106 cm³/mol. The van der Waals surface area contributed by atoms with Crippen LogP contribution in [0, 0.1) is 6.92 Å². The van der Waals surface area contributed by atoms with Gasteiger partial charge in [-0.05, 0) is 31.5 Å². The number of amides is 4. The Morgan fingerprint density at radius 2 is 1.97 bits per heavy atom. The molecule has 2 aliphatic rings. The van der Waals surface area contributed by atoms with Crippen LogP contribution in [0.4, 0.5) is 10.6 Å². The summed E-state index contributed by atoms with van der Waals surface area (Å²) in [5, 5.41) is 9.51. The van der Waals surface area contributed by atoms with Gasteiger partial charge in [-0.25, -0.2) is 4.79 Å². The van der Waals surface area contributed by atoms with Crippen molar-refractivity contribution in [3.05, 3.63) is 35.5 Å². The minimum Gasteiger partial charge on any atom is -0.490 e. The van der Waals surface area contributed by atoms with Gasteiger partial charge in [0.05, 0.1) is 18.9 Å². The normalized spacial score (nSPS) is 20.7. The van der Waals surface area contributed by atoms with Crippen LogP contribution < -0.4 is 20.1 Å². The highest BCUT2D eigenvalue weighted by atomic mass is 16.5. The van der Waals surface area contributed by atoms with E-state index in [4.69, 9.17) is 9.47 Å². The van der Waals surface area contributed by atoms with E-state index in [2.05, 4.69) is 15.7 Å². The minimum atomic E-state index is -1.31. The first-order valence-electron chi connectivity index (χ1n) is 9.62. The number of fused-ring (bicyclic) bond motifs is 1. The number of hydrogen-bond donors (Lipinski definition) is 2. The molecule has 2 aromatic rings. The van der Waals surface area contributed by atoms with Crippen molar-refractivity contribution in [2.75, 3.05) is 25.1 Å². The van der Waals surface area contributed by atoms with E-state index >= 15 is 0 Å². The molecule has 30 heavy (non-hydrogen) atoms. The number of urea groups is 1. The lowest BCUT2D eigenvalue weighted by molar-refractivity contribution is -0.133. The van der Waals surface area contributed by atoms with Gasteiger partial charge in [-0.15, -0.1) is 0 Å². The monoisotopic (exact) mass is 413 g/mol. The molecule has 0 aliphatic carbocycles. The van der Waals surface area contributed by atoms with Gasteiger partial charge in [0.25, 0.3) is 5.91 Å². The Labute approximate surface area is 173 Å². The second-order valence-corrected chi connectivity index (χ2v) is 7.50. The van der Waals surface area contributed by atoms with E-state index in [9.17, 15) is 14.4 Å². The van der Waals surface area contributed by atoms with Crippen LogP contribution in [0.25, 0.3) is 0 Å². The highest BCUT2D eigenvalue weighted by molar-refractivity contribution is 6.10. The maximum absolute atomic E-state index is 13.1. The fourth-order valence-corrected chi connectivity index (χ4v) is 3.56. The Morgan fingerprint density at radius 1 is 1.23 bits per heavy atom. The quantitative estimate of drug-likeness (QED) is 0.730. The number of aromatic nitrogens is 2. The minimum absolute atomic E-state index is 0.408. The molecule has 3 heterocycles. The molecule has 0 bridgehead atoms. The summed E-state index contributed by atoms with van der Waals surface area (Å²) in [5.41, 5.74) is -0.0226. The Balaban J connectivity index is 1.52. The van der Waals surface area contributed by atoms with Gasteiger partial charge in [0, 0.05) is 19.5 Å². The summed E-state index contributed by atoms with van der Waals surface area (Å²) < 4.78 is 12.8. The van der Waals surface area contributed by atoms with Crippen LogP contribution in [0.5, 0.6) is 11.5 Å². The van der Waals surface area contributed by atoms with E-state index in [1.165, 1.54) is 4.68 Å². The average molecular weight is 413 g/mol. The van der Waals surface area contributed by atoms with Crippen LogP contribution in [-0.4, -0.2) is 52.3 Å². The highest BCUT2D eigenvalue weighted by Gasteiger charge is 2.49. The van der Waals surface area contributed by atoms with E-state index < -0.39 is 29.9 Å². The number of ether oxygens (including phenoxy) is 2. The van der Waals surface area contributed by atoms with Crippen LogP contribution in [0.1, 0.15) is 24.6 Å². The van der Waals surface area contributed by atoms with Crippen molar-refractivity contribution in [2.45, 2.75) is 25.8 Å². The molecule has 1 saturated heterocycles. The van der Waals surface area contributed by atoms with Crippen LogP contribution in [0.2, 0.25) is 0 Å². The lowest BCUT2D eigenvalue weighted by atomic mass is 9.91. The summed E-state index contributed by atoms with van der Waals surface area (Å²) in [6.07, 6.45) is 0.760. The Morgan fingerprint density at radius 3 is 2.67 bits per heavy atom. The molecule has 1 fully saturated rings. The van der Waals surface area contributed by atoms with Gasteiger partial charge in [0.2, 0.25) is 5.91 Å². The lowest BCUT2D eigenvalue weighted by Gasteiger charge is -2.23. The zero-order valence-corrected chi connectivity index (χ0v) is 17.0. The van der Waals surface area contributed by atoms with Crippen LogP contribution in [0.15, 0.2) is 24.3 Å². The van der Waals surface area contributed by atoms with Crippen molar-refractivity contribution in [2.24, 2.45) is 7.05 Å². The molecule has 1 unspecified atom stereocenters. The Hall–Kier alpha value is -3.56. The Bertz CT molecular complexity index is 1030. The fraction of sp³-hybridized carbons (Fsp3) is 0.400. The summed E-state index contributed by atoms with van der Waals surface area (Å²) in [6, 6.07) is 6.20. The molecular weight excluding hydrogens is 390 g/mol. The van der Waals surface area contributed by atoms with Gasteiger partial charge < -0.3 is 20.1 Å². The van der Waals surface area contributed by atoms with Gasteiger partial charge in [-0.1, -0.05) is 6.07 Å². The summed E-state index contributed by atoms with van der Waals surface area (Å²) in [4.78, 5) is 39.0. The largest absolute Gasteiger partial charge is 0.490 e. The van der Waals surface area contributed by atoms with E-state index in [0.717, 1.165) is 17.0 Å². The molecule has 158 valence electrons. The third-order valence-electron chi connectivity index (χ3n) is 5.17. The molecule has 1 aromatic heterocycles. The molecule has 0 saturated carbocycles. The van der Waals surface area contributed by atoms with Crippen LogP contribution >= 0.6 is 0 Å². The predicted octanol–water partition coefficient (Wildman–Crippen LogP) is 1.30. The number of aryl methyl sites for hydroxylation is 2. The summed E-state index contributed by atoms with van der Waals surface area (Å²) in [6.45, 7) is 4.06. The maximum atomic E-state index is 13.1. The standard InChI is InChI=1S/C20H23N5O5/c1-12-9-16(24(3)23-12)21-17(26)11-25-18(27)20(2,22-19(25)28)13-5-6-14-15(10-13)30-8-4-7-29-14/h5-6,9-10H,4,7-8,11H2,1-3H3,(H,21,26)(H,22,28). The number of imide groups is 1. The molecule has 4 amide bonds. The first kappa shape index (κ1) is 19.7. The van der Waals surface area contributed by atoms with E-state index in [1.807, 2.05) is 0 Å². The maximum Gasteiger partial charge on any atom is 0.325 e. The molecular formula is C20H23N5O5. The number of benzene rings is 1. The van der Waals surface area contributed by atoms with Crippen molar-refractivity contribution >= 4 is 23.7 Å². The van der Waals surface area contributed by atoms with Crippen LogP contribution in [0.3, 0.4) is 0 Å². The first-order valence-corrected chi connectivity index (χ1v) is 9.62. The summed E-state index contributed by atoms with van der Waals surface area (Å²) >= 11 is 0. The zero-order chi connectivity index (χ0) is 21.5. The molecule has 1 atom stereocenters. The number of nitrogens with one attached hydrogen (secondary N) is 2. The number of carbonyl (C=O) groups excluding carboxylic acids is 3. The second-order valence-electron chi connectivity index (χ2n) is 7.50. The lowest BCUT2D eigenvalue weighted by Crippen LogP contribution is -2.42. The topological polar surface area (TPSA) is 115 Å². The number of rotatable bonds is 4. The van der Waals surface area contributed by atoms with Crippen molar-refractivity contribution in [3.8, 4) is 11.5 Å². The van der Waals surface area contributed by atoms with Gasteiger partial charge in [-0.2, -0.15) is 5.10 Å². The third kappa shape index (κ3) is 3.44. The van der Waals surface area contributed by atoms with E-state index in [-0.39, 0.29) is 0 Å². The second kappa shape index (κ2) is 7.36. The van der Waals surface area contributed by atoms with Gasteiger partial charge >= 0.3 is 6.03 Å². The molecule has 2 N–H and O–H groups in total. The first-order chi connectivity index (χ1) is 14.3. The molecule has 10 nitrogen and oxygen atoms in total. The molecule has 2 aliphatic heterocycles.